The summed E-state index contributed by atoms with van der Waals surface area (Å²) in [4.78, 5) is 37.2. The number of hydrogen-bond acceptors (Lipinski definition) is 4. The molecule has 2 aromatic rings. The van der Waals surface area contributed by atoms with Crippen molar-refractivity contribution in [2.24, 2.45) is 5.92 Å². The minimum absolute atomic E-state index is 0.0370. The Bertz CT molecular complexity index is 863. The molecular weight excluding hydrogens is 329 g/mol. The monoisotopic (exact) mass is 345 g/mol. The number of aromatic nitrogens is 2. The smallest absolute Gasteiger partial charge is 0.308 e. The molecule has 1 aromatic heterocycles. The maximum atomic E-state index is 13.0. The van der Waals surface area contributed by atoms with Crippen LogP contribution in [0.25, 0.3) is 5.69 Å². The number of likely N-dealkylation sites (tertiary alicyclic amines) is 1. The average molecular weight is 345 g/mol. The van der Waals surface area contributed by atoms with Crippen molar-refractivity contribution in [2.45, 2.75) is 12.8 Å². The van der Waals surface area contributed by atoms with Crippen LogP contribution in [0.1, 0.15) is 23.3 Å². The van der Waals surface area contributed by atoms with Gasteiger partial charge in [-0.25, -0.2) is 4.39 Å². The molecule has 3 rings (SSSR count). The lowest BCUT2D eigenvalue weighted by atomic mass is 9.98. The number of aliphatic carboxylic acids is 1. The van der Waals surface area contributed by atoms with Gasteiger partial charge in [-0.3, -0.25) is 14.4 Å². The van der Waals surface area contributed by atoms with E-state index < -0.39 is 29.2 Å². The van der Waals surface area contributed by atoms with Gasteiger partial charge in [0.15, 0.2) is 0 Å². The topological polar surface area (TPSA) is 92.5 Å². The third-order valence-corrected chi connectivity index (χ3v) is 4.15. The van der Waals surface area contributed by atoms with Gasteiger partial charge in [0, 0.05) is 19.2 Å². The van der Waals surface area contributed by atoms with Gasteiger partial charge in [0.05, 0.1) is 11.6 Å². The highest BCUT2D eigenvalue weighted by atomic mass is 19.1. The van der Waals surface area contributed by atoms with Crippen molar-refractivity contribution in [1.82, 2.24) is 14.7 Å². The lowest BCUT2D eigenvalue weighted by Crippen LogP contribution is -2.43. The summed E-state index contributed by atoms with van der Waals surface area (Å²) in [6.07, 6.45) is 1.13. The maximum absolute atomic E-state index is 13.0. The molecule has 1 atom stereocenters. The van der Waals surface area contributed by atoms with Gasteiger partial charge in [-0.15, -0.1) is 0 Å². The number of halogens is 1. The molecule has 0 spiro atoms. The molecule has 7 nitrogen and oxygen atoms in total. The van der Waals surface area contributed by atoms with Crippen LogP contribution < -0.4 is 5.56 Å². The Morgan fingerprint density at radius 1 is 1.16 bits per heavy atom. The minimum atomic E-state index is -0.929. The molecule has 0 bridgehead atoms. The highest BCUT2D eigenvalue weighted by Gasteiger charge is 2.29. The van der Waals surface area contributed by atoms with E-state index in [0.717, 1.165) is 4.68 Å². The second kappa shape index (κ2) is 6.84. The molecule has 0 radical (unpaired) electrons. The molecule has 1 fully saturated rings. The molecule has 130 valence electrons. The molecule has 1 unspecified atom stereocenters. The fraction of sp³-hybridized carbons (Fsp3) is 0.294. The highest BCUT2D eigenvalue weighted by molar-refractivity contribution is 5.92. The van der Waals surface area contributed by atoms with Crippen LogP contribution in [0.4, 0.5) is 4.39 Å². The second-order valence-corrected chi connectivity index (χ2v) is 5.87. The van der Waals surface area contributed by atoms with Crippen LogP contribution in [0.15, 0.2) is 41.2 Å². The van der Waals surface area contributed by atoms with Crippen molar-refractivity contribution >= 4 is 11.9 Å². The fourth-order valence-electron chi connectivity index (χ4n) is 2.82. The largest absolute Gasteiger partial charge is 0.481 e. The van der Waals surface area contributed by atoms with Crippen molar-refractivity contribution in [1.29, 1.82) is 0 Å². The van der Waals surface area contributed by atoms with Crippen molar-refractivity contribution in [3.8, 4) is 5.69 Å². The Balaban J connectivity index is 1.89. The third kappa shape index (κ3) is 3.57. The van der Waals surface area contributed by atoms with E-state index in [1.165, 1.54) is 41.3 Å². The molecule has 1 amide bonds. The first kappa shape index (κ1) is 16.8. The van der Waals surface area contributed by atoms with Gasteiger partial charge >= 0.3 is 5.97 Å². The summed E-state index contributed by atoms with van der Waals surface area (Å²) in [7, 11) is 0. The van der Waals surface area contributed by atoms with Crippen molar-refractivity contribution in [3.63, 3.8) is 0 Å². The van der Waals surface area contributed by atoms with Gasteiger partial charge in [-0.05, 0) is 43.2 Å². The van der Waals surface area contributed by atoms with E-state index in [1.807, 2.05) is 0 Å². The number of piperidine rings is 1. The SMILES string of the molecule is O=C(O)C1CCCN(C(=O)c2ccc(=O)n(-c3ccc(F)cc3)n2)C1. The summed E-state index contributed by atoms with van der Waals surface area (Å²) in [5.74, 6) is -2.40. The summed E-state index contributed by atoms with van der Waals surface area (Å²) in [5.41, 5.74) is -0.0803. The number of carbonyl (C=O) groups is 2. The summed E-state index contributed by atoms with van der Waals surface area (Å²) >= 11 is 0. The zero-order valence-corrected chi connectivity index (χ0v) is 13.3. The molecule has 1 aliphatic rings. The highest BCUT2D eigenvalue weighted by Crippen LogP contribution is 2.18. The Morgan fingerprint density at radius 2 is 1.88 bits per heavy atom. The first-order valence-electron chi connectivity index (χ1n) is 7.84. The van der Waals surface area contributed by atoms with Crippen molar-refractivity contribution in [3.05, 3.63) is 58.3 Å². The van der Waals surface area contributed by atoms with E-state index in [4.69, 9.17) is 5.11 Å². The van der Waals surface area contributed by atoms with Crippen LogP contribution in [0, 0.1) is 11.7 Å². The van der Waals surface area contributed by atoms with E-state index in [2.05, 4.69) is 5.10 Å². The lowest BCUT2D eigenvalue weighted by molar-refractivity contribution is -0.143. The van der Waals surface area contributed by atoms with Gasteiger partial charge in [-0.2, -0.15) is 9.78 Å². The van der Waals surface area contributed by atoms with E-state index in [-0.39, 0.29) is 12.2 Å². The summed E-state index contributed by atoms with van der Waals surface area (Å²) in [5, 5.41) is 13.2. The lowest BCUT2D eigenvalue weighted by Gasteiger charge is -2.30. The zero-order chi connectivity index (χ0) is 18.0. The van der Waals surface area contributed by atoms with Crippen molar-refractivity contribution < 1.29 is 19.1 Å². The second-order valence-electron chi connectivity index (χ2n) is 5.87. The summed E-state index contributed by atoms with van der Waals surface area (Å²) in [6.45, 7) is 0.561. The maximum Gasteiger partial charge on any atom is 0.308 e. The quantitative estimate of drug-likeness (QED) is 0.905. The van der Waals surface area contributed by atoms with Crippen LogP contribution >= 0.6 is 0 Å². The standard InChI is InChI=1S/C17H16FN3O4/c18-12-3-5-13(6-4-12)21-15(22)8-7-14(19-21)16(23)20-9-1-2-11(10-20)17(24)25/h3-8,11H,1-2,9-10H2,(H,24,25). The number of hydrogen-bond donors (Lipinski definition) is 1. The molecule has 0 saturated carbocycles. The molecule has 1 saturated heterocycles. The first-order valence-corrected chi connectivity index (χ1v) is 7.84. The number of amides is 1. The van der Waals surface area contributed by atoms with Crippen LogP contribution in [0.2, 0.25) is 0 Å². The Kier molecular flexibility index (Phi) is 4.60. The third-order valence-electron chi connectivity index (χ3n) is 4.15. The zero-order valence-electron chi connectivity index (χ0n) is 13.3. The summed E-state index contributed by atoms with van der Waals surface area (Å²) < 4.78 is 14.1. The van der Waals surface area contributed by atoms with Crippen LogP contribution in [-0.2, 0) is 4.79 Å². The molecule has 1 N–H and O–H groups in total. The van der Waals surface area contributed by atoms with Crippen molar-refractivity contribution in [2.75, 3.05) is 13.1 Å². The molecular formula is C17H16FN3O4. The molecule has 25 heavy (non-hydrogen) atoms. The Hall–Kier alpha value is -3.03. The number of carboxylic acid groups (broad SMARTS) is 1. The van der Waals surface area contributed by atoms with Gasteiger partial charge in [0.2, 0.25) is 0 Å². The number of carboxylic acids is 1. The predicted octanol–water partition coefficient (Wildman–Crippen LogP) is 1.31. The summed E-state index contributed by atoms with van der Waals surface area (Å²) in [6, 6.07) is 7.69. The first-order chi connectivity index (χ1) is 12.0. The molecule has 8 heteroatoms. The van der Waals surface area contributed by atoms with Gasteiger partial charge in [0.25, 0.3) is 11.5 Å². The van der Waals surface area contributed by atoms with E-state index in [1.54, 1.807) is 0 Å². The normalized spacial score (nSPS) is 17.3. The predicted molar refractivity (Wildman–Crippen MR) is 86.1 cm³/mol. The number of carbonyl (C=O) groups excluding carboxylic acids is 1. The van der Waals surface area contributed by atoms with E-state index in [0.29, 0.717) is 25.1 Å². The molecule has 1 aromatic carbocycles. The van der Waals surface area contributed by atoms with Crippen LogP contribution in [-0.4, -0.2) is 44.8 Å². The average Bonchev–Trinajstić information content (AvgIpc) is 2.62. The Labute approximate surface area is 142 Å². The number of nitrogens with zero attached hydrogens (tertiary/aromatic N) is 3. The Morgan fingerprint density at radius 3 is 2.56 bits per heavy atom. The molecule has 2 heterocycles. The minimum Gasteiger partial charge on any atom is -0.481 e. The fourth-order valence-corrected chi connectivity index (χ4v) is 2.82. The van der Waals surface area contributed by atoms with Crippen LogP contribution in [0.3, 0.4) is 0 Å². The van der Waals surface area contributed by atoms with E-state index >= 15 is 0 Å². The molecule has 0 aliphatic carbocycles. The van der Waals surface area contributed by atoms with Gasteiger partial charge in [-0.1, -0.05) is 0 Å². The van der Waals surface area contributed by atoms with E-state index in [9.17, 15) is 18.8 Å². The number of benzene rings is 1. The molecule has 1 aliphatic heterocycles. The van der Waals surface area contributed by atoms with Gasteiger partial charge < -0.3 is 10.0 Å². The van der Waals surface area contributed by atoms with Gasteiger partial charge in [0.1, 0.15) is 11.5 Å². The van der Waals surface area contributed by atoms with Crippen LogP contribution in [0.5, 0.6) is 0 Å². The number of rotatable bonds is 3.